The van der Waals surface area contributed by atoms with Gasteiger partial charge >= 0.3 is 0 Å². The second-order valence-corrected chi connectivity index (χ2v) is 6.71. The van der Waals surface area contributed by atoms with E-state index in [2.05, 4.69) is 26.2 Å². The number of anilines is 1. The summed E-state index contributed by atoms with van der Waals surface area (Å²) in [7, 11) is 0. The number of hydrogen-bond donors (Lipinski definition) is 1. The Balaban J connectivity index is 1.97. The third-order valence-corrected chi connectivity index (χ3v) is 5.32. The molecule has 0 aliphatic carbocycles. The van der Waals surface area contributed by atoms with E-state index in [0.29, 0.717) is 9.35 Å². The third kappa shape index (κ3) is 2.56. The van der Waals surface area contributed by atoms with Crippen LogP contribution in [-0.4, -0.2) is 10.9 Å². The van der Waals surface area contributed by atoms with Gasteiger partial charge in [0.1, 0.15) is 10.4 Å². The van der Waals surface area contributed by atoms with Crippen LogP contribution in [0.4, 0.5) is 18.3 Å². The molecular formula is C12H4BrF3N2OS2. The fraction of sp³-hybridized carbons (Fsp3) is 0. The summed E-state index contributed by atoms with van der Waals surface area (Å²) in [6.45, 7) is 0. The van der Waals surface area contributed by atoms with Gasteiger partial charge < -0.3 is 0 Å². The number of rotatable bonds is 2. The Kier molecular flexibility index (Phi) is 3.72. The first-order chi connectivity index (χ1) is 9.97. The molecule has 2 heterocycles. The highest BCUT2D eigenvalue weighted by Gasteiger charge is 2.19. The molecule has 3 rings (SSSR count). The molecule has 0 saturated heterocycles. The summed E-state index contributed by atoms with van der Waals surface area (Å²) >= 11 is 5.30. The van der Waals surface area contributed by atoms with E-state index in [1.807, 2.05) is 0 Å². The number of thiazole rings is 1. The van der Waals surface area contributed by atoms with Gasteiger partial charge in [0.05, 0.1) is 4.70 Å². The Morgan fingerprint density at radius 3 is 2.71 bits per heavy atom. The maximum absolute atomic E-state index is 13.6. The van der Waals surface area contributed by atoms with E-state index in [1.165, 1.54) is 11.3 Å². The molecule has 0 radical (unpaired) electrons. The number of nitrogens with one attached hydrogen (secondary N) is 1. The second kappa shape index (κ2) is 5.39. The van der Waals surface area contributed by atoms with Gasteiger partial charge in [0.2, 0.25) is 0 Å². The molecule has 3 aromatic rings. The maximum atomic E-state index is 13.6. The Morgan fingerprint density at radius 2 is 2.05 bits per heavy atom. The lowest BCUT2D eigenvalue weighted by Crippen LogP contribution is -2.10. The van der Waals surface area contributed by atoms with Gasteiger partial charge in [-0.2, -0.15) is 0 Å². The topological polar surface area (TPSA) is 42.0 Å². The minimum Gasteiger partial charge on any atom is -0.297 e. The summed E-state index contributed by atoms with van der Waals surface area (Å²) in [5.74, 6) is -4.66. The molecule has 0 aliphatic rings. The van der Waals surface area contributed by atoms with Crippen molar-refractivity contribution < 1.29 is 18.0 Å². The van der Waals surface area contributed by atoms with E-state index < -0.39 is 23.4 Å². The number of benzene rings is 1. The number of amides is 1. The first-order valence-corrected chi connectivity index (χ1v) is 7.94. The van der Waals surface area contributed by atoms with Crippen LogP contribution in [0.1, 0.15) is 9.67 Å². The van der Waals surface area contributed by atoms with E-state index in [9.17, 15) is 18.0 Å². The van der Waals surface area contributed by atoms with E-state index in [-0.39, 0.29) is 15.3 Å². The fourth-order valence-electron chi connectivity index (χ4n) is 1.64. The monoisotopic (exact) mass is 392 g/mol. The largest absolute Gasteiger partial charge is 0.297 e. The molecular weight excluding hydrogens is 389 g/mol. The van der Waals surface area contributed by atoms with Crippen LogP contribution in [0.3, 0.4) is 0 Å². The molecule has 0 bridgehead atoms. The number of carbonyl (C=O) groups is 1. The maximum Gasteiger partial charge on any atom is 0.268 e. The molecule has 1 aromatic carbocycles. The molecule has 9 heteroatoms. The molecule has 0 fully saturated rings. The molecule has 108 valence electrons. The van der Waals surface area contributed by atoms with Crippen LogP contribution in [0.2, 0.25) is 0 Å². The van der Waals surface area contributed by atoms with E-state index in [0.717, 1.165) is 17.4 Å². The lowest BCUT2D eigenvalue weighted by Gasteiger charge is -1.98. The summed E-state index contributed by atoms with van der Waals surface area (Å²) in [5, 5.41) is 4.27. The highest BCUT2D eigenvalue weighted by atomic mass is 79.9. The van der Waals surface area contributed by atoms with E-state index in [1.54, 1.807) is 11.4 Å². The van der Waals surface area contributed by atoms with Gasteiger partial charge in [-0.15, -0.1) is 11.3 Å². The molecule has 3 nitrogen and oxygen atoms in total. The minimum atomic E-state index is -1.58. The van der Waals surface area contributed by atoms with Gasteiger partial charge in [-0.3, -0.25) is 10.1 Å². The summed E-state index contributed by atoms with van der Waals surface area (Å²) in [4.78, 5) is 16.2. The lowest BCUT2D eigenvalue weighted by molar-refractivity contribution is 0.103. The normalized spacial score (nSPS) is 11.0. The predicted molar refractivity (Wildman–Crippen MR) is 79.5 cm³/mol. The second-order valence-electron chi connectivity index (χ2n) is 3.90. The number of fused-ring (bicyclic) bond motifs is 1. The molecule has 0 atom stereocenters. The van der Waals surface area contributed by atoms with E-state index in [4.69, 9.17) is 0 Å². The molecule has 1 N–H and O–H groups in total. The highest BCUT2D eigenvalue weighted by Crippen LogP contribution is 2.31. The summed E-state index contributed by atoms with van der Waals surface area (Å²) in [5.41, 5.74) is -0.306. The van der Waals surface area contributed by atoms with E-state index >= 15 is 0 Å². The van der Waals surface area contributed by atoms with Crippen molar-refractivity contribution in [1.29, 1.82) is 0 Å². The fourth-order valence-corrected chi connectivity index (χ4v) is 3.97. The van der Waals surface area contributed by atoms with Gasteiger partial charge in [0, 0.05) is 4.47 Å². The van der Waals surface area contributed by atoms with Gasteiger partial charge in [0.15, 0.2) is 22.6 Å². The van der Waals surface area contributed by atoms with Gasteiger partial charge in [-0.1, -0.05) is 11.3 Å². The minimum absolute atomic E-state index is 0.0687. The molecule has 0 spiro atoms. The van der Waals surface area contributed by atoms with Crippen LogP contribution in [-0.2, 0) is 0 Å². The third-order valence-electron chi connectivity index (χ3n) is 2.57. The smallest absolute Gasteiger partial charge is 0.268 e. The van der Waals surface area contributed by atoms with Crippen molar-refractivity contribution in [3.8, 4) is 0 Å². The average Bonchev–Trinajstić information content (AvgIpc) is 3.02. The number of nitrogens with zero attached hydrogens (tertiary/aromatic N) is 1. The molecule has 0 saturated carbocycles. The summed E-state index contributed by atoms with van der Waals surface area (Å²) in [6.07, 6.45) is 0. The van der Waals surface area contributed by atoms with Crippen LogP contribution in [0, 0.1) is 17.5 Å². The zero-order chi connectivity index (χ0) is 15.1. The number of hydrogen-bond acceptors (Lipinski definition) is 4. The highest BCUT2D eigenvalue weighted by molar-refractivity contribution is 9.10. The van der Waals surface area contributed by atoms with Crippen molar-refractivity contribution in [2.75, 3.05) is 5.32 Å². The van der Waals surface area contributed by atoms with Gasteiger partial charge in [-0.05, 0) is 33.4 Å². The van der Waals surface area contributed by atoms with Crippen LogP contribution in [0.5, 0.6) is 0 Å². The molecule has 2 aromatic heterocycles. The molecule has 0 aliphatic heterocycles. The standard InChI is InChI=1S/C12H4BrF3N2OS2/c13-4-1-2-20-10(4)11(19)18-12-17-9-6(21-12)3-5(14)7(15)8(9)16/h1-3H,(H,17,18,19). The zero-order valence-corrected chi connectivity index (χ0v) is 13.1. The van der Waals surface area contributed by atoms with Crippen molar-refractivity contribution in [2.45, 2.75) is 0 Å². The van der Waals surface area contributed by atoms with Crippen LogP contribution in [0.25, 0.3) is 10.2 Å². The predicted octanol–water partition coefficient (Wildman–Crippen LogP) is 4.79. The summed E-state index contributed by atoms with van der Waals surface area (Å²) in [6, 6.07) is 2.56. The van der Waals surface area contributed by atoms with Crippen LogP contribution < -0.4 is 5.32 Å². The van der Waals surface area contributed by atoms with Crippen LogP contribution in [0.15, 0.2) is 22.0 Å². The van der Waals surface area contributed by atoms with Gasteiger partial charge in [-0.25, -0.2) is 18.2 Å². The van der Waals surface area contributed by atoms with Crippen molar-refractivity contribution in [2.24, 2.45) is 0 Å². The van der Waals surface area contributed by atoms with Gasteiger partial charge in [0.25, 0.3) is 5.91 Å². The zero-order valence-electron chi connectivity index (χ0n) is 9.92. The van der Waals surface area contributed by atoms with Crippen molar-refractivity contribution in [3.63, 3.8) is 0 Å². The number of thiophene rings is 1. The Bertz CT molecular complexity index is 862. The van der Waals surface area contributed by atoms with Crippen molar-refractivity contribution >= 4 is 59.9 Å². The quantitative estimate of drug-likeness (QED) is 0.637. The van der Waals surface area contributed by atoms with Crippen molar-refractivity contribution in [1.82, 2.24) is 4.98 Å². The molecule has 0 unspecified atom stereocenters. The first kappa shape index (κ1) is 14.5. The van der Waals surface area contributed by atoms with Crippen molar-refractivity contribution in [3.05, 3.63) is 44.3 Å². The SMILES string of the molecule is O=C(Nc1nc2c(F)c(F)c(F)cc2s1)c1sccc1Br. The van der Waals surface area contributed by atoms with Crippen LogP contribution >= 0.6 is 38.6 Å². The number of aromatic nitrogens is 1. The lowest BCUT2D eigenvalue weighted by atomic mass is 10.3. The first-order valence-electron chi connectivity index (χ1n) is 5.45. The average molecular weight is 393 g/mol. The number of halogens is 4. The molecule has 21 heavy (non-hydrogen) atoms. The number of carbonyl (C=O) groups excluding carboxylic acids is 1. The Labute approximate surface area is 132 Å². The Morgan fingerprint density at radius 1 is 1.29 bits per heavy atom. The molecule has 1 amide bonds. The summed E-state index contributed by atoms with van der Waals surface area (Å²) < 4.78 is 40.6. The Hall–Kier alpha value is -1.45.